The van der Waals surface area contributed by atoms with Crippen LogP contribution in [0.5, 0.6) is 0 Å². The average molecular weight is 285 g/mol. The normalized spacial score (nSPS) is 13.4. The third-order valence-corrected chi connectivity index (χ3v) is 4.58. The fraction of sp³-hybridized carbons (Fsp3) is 0.615. The highest BCUT2D eigenvalue weighted by atomic mass is 32.2. The lowest BCUT2D eigenvalue weighted by molar-refractivity contribution is 0.443. The lowest BCUT2D eigenvalue weighted by Gasteiger charge is -2.15. The molecule has 0 amide bonds. The molecular formula is C13H23N3O2S. The summed E-state index contributed by atoms with van der Waals surface area (Å²) >= 11 is 0. The van der Waals surface area contributed by atoms with Crippen LogP contribution in [-0.4, -0.2) is 19.9 Å². The minimum absolute atomic E-state index is 0.159. The van der Waals surface area contributed by atoms with Gasteiger partial charge in [-0.3, -0.25) is 0 Å². The lowest BCUT2D eigenvalue weighted by atomic mass is 10.00. The van der Waals surface area contributed by atoms with Crippen molar-refractivity contribution in [2.24, 2.45) is 5.92 Å². The van der Waals surface area contributed by atoms with Crippen LogP contribution in [0, 0.1) is 5.92 Å². The molecule has 0 aromatic carbocycles. The van der Waals surface area contributed by atoms with Gasteiger partial charge in [-0.15, -0.1) is 0 Å². The number of pyridine rings is 1. The van der Waals surface area contributed by atoms with Gasteiger partial charge in [-0.25, -0.2) is 18.1 Å². The second-order valence-corrected chi connectivity index (χ2v) is 6.45. The number of sulfonamides is 1. The van der Waals surface area contributed by atoms with E-state index in [-0.39, 0.29) is 4.90 Å². The Bertz CT molecular complexity index is 471. The zero-order valence-corrected chi connectivity index (χ0v) is 12.4. The number of rotatable bonds is 8. The van der Waals surface area contributed by atoms with Crippen molar-refractivity contribution in [3.63, 3.8) is 0 Å². The Morgan fingerprint density at radius 1 is 1.37 bits per heavy atom. The van der Waals surface area contributed by atoms with Crippen molar-refractivity contribution in [3.8, 4) is 0 Å². The maximum Gasteiger partial charge on any atom is 0.242 e. The first kappa shape index (κ1) is 15.9. The highest BCUT2D eigenvalue weighted by Crippen LogP contribution is 2.14. The molecule has 0 aliphatic heterocycles. The summed E-state index contributed by atoms with van der Waals surface area (Å²) in [5.74, 6) is 0.699. The molecule has 6 heteroatoms. The molecule has 0 aliphatic rings. The van der Waals surface area contributed by atoms with Crippen molar-refractivity contribution in [1.82, 2.24) is 9.71 Å². The van der Waals surface area contributed by atoms with E-state index in [1.807, 2.05) is 0 Å². The van der Waals surface area contributed by atoms with Crippen molar-refractivity contribution >= 4 is 15.8 Å². The van der Waals surface area contributed by atoms with Crippen molar-refractivity contribution in [2.45, 2.75) is 44.4 Å². The summed E-state index contributed by atoms with van der Waals surface area (Å²) in [6.07, 6.45) is 5.57. The van der Waals surface area contributed by atoms with Gasteiger partial charge >= 0.3 is 0 Å². The van der Waals surface area contributed by atoms with Gasteiger partial charge in [0.1, 0.15) is 10.7 Å². The van der Waals surface area contributed by atoms with E-state index in [0.717, 1.165) is 25.7 Å². The number of anilines is 1. The molecule has 0 saturated heterocycles. The molecule has 0 saturated carbocycles. The van der Waals surface area contributed by atoms with Gasteiger partial charge in [0.05, 0.1) is 0 Å². The number of nitrogen functional groups attached to an aromatic ring is 1. The molecule has 1 rings (SSSR count). The highest BCUT2D eigenvalue weighted by Gasteiger charge is 2.16. The molecule has 3 N–H and O–H groups in total. The average Bonchev–Trinajstić information content (AvgIpc) is 2.39. The van der Waals surface area contributed by atoms with Gasteiger partial charge in [0.25, 0.3) is 0 Å². The quantitative estimate of drug-likeness (QED) is 0.766. The molecule has 1 aromatic heterocycles. The fourth-order valence-electron chi connectivity index (χ4n) is 1.80. The summed E-state index contributed by atoms with van der Waals surface area (Å²) in [5.41, 5.74) is 5.44. The maximum absolute atomic E-state index is 12.0. The molecule has 0 fully saturated rings. The summed E-state index contributed by atoms with van der Waals surface area (Å²) in [4.78, 5) is 3.96. The topological polar surface area (TPSA) is 85.1 Å². The lowest BCUT2D eigenvalue weighted by Crippen LogP contribution is -2.29. The van der Waals surface area contributed by atoms with Gasteiger partial charge in [0.2, 0.25) is 10.0 Å². The first-order chi connectivity index (χ1) is 8.99. The van der Waals surface area contributed by atoms with E-state index < -0.39 is 10.0 Å². The fourth-order valence-corrected chi connectivity index (χ4v) is 2.87. The molecule has 1 heterocycles. The largest absolute Gasteiger partial charge is 0.384 e. The molecule has 5 nitrogen and oxygen atoms in total. The van der Waals surface area contributed by atoms with Gasteiger partial charge in [-0.05, 0) is 24.5 Å². The Hall–Kier alpha value is -1.14. The predicted octanol–water partition coefficient (Wildman–Crippen LogP) is 2.16. The molecule has 0 bridgehead atoms. The second kappa shape index (κ2) is 7.45. The summed E-state index contributed by atoms with van der Waals surface area (Å²) in [5, 5.41) is 0. The number of hydrogen-bond donors (Lipinski definition) is 2. The molecule has 108 valence electrons. The van der Waals surface area contributed by atoms with Gasteiger partial charge in [0.15, 0.2) is 0 Å². The summed E-state index contributed by atoms with van der Waals surface area (Å²) in [7, 11) is -3.48. The number of hydrogen-bond acceptors (Lipinski definition) is 4. The van der Waals surface area contributed by atoms with E-state index in [1.165, 1.54) is 18.3 Å². The molecule has 19 heavy (non-hydrogen) atoms. The highest BCUT2D eigenvalue weighted by molar-refractivity contribution is 7.89. The summed E-state index contributed by atoms with van der Waals surface area (Å²) < 4.78 is 26.7. The van der Waals surface area contributed by atoms with E-state index >= 15 is 0 Å². The van der Waals surface area contributed by atoms with Crippen LogP contribution in [0.1, 0.15) is 39.5 Å². The Morgan fingerprint density at radius 2 is 2.11 bits per heavy atom. The van der Waals surface area contributed by atoms with E-state index in [4.69, 9.17) is 5.73 Å². The third kappa shape index (κ3) is 5.16. The van der Waals surface area contributed by atoms with Crippen LogP contribution < -0.4 is 10.5 Å². The zero-order chi connectivity index (χ0) is 14.3. The number of nitrogens with zero attached hydrogens (tertiary/aromatic N) is 1. The number of nitrogens with one attached hydrogen (secondary N) is 1. The Labute approximate surface area is 115 Å². The second-order valence-electron chi connectivity index (χ2n) is 4.69. The van der Waals surface area contributed by atoms with Crippen LogP contribution in [0.2, 0.25) is 0 Å². The maximum atomic E-state index is 12.0. The van der Waals surface area contributed by atoms with Crippen molar-refractivity contribution in [1.29, 1.82) is 0 Å². The van der Waals surface area contributed by atoms with E-state index in [0.29, 0.717) is 18.3 Å². The standard InChI is InChI=1S/C13H23N3O2S/c1-3-5-6-11(4-2)9-16-19(17,18)12-7-8-13(14)15-10-12/h7-8,10-11,16H,3-6,9H2,1-2H3,(H2,14,15). The summed E-state index contributed by atoms with van der Waals surface area (Å²) in [6, 6.07) is 2.96. The minimum Gasteiger partial charge on any atom is -0.384 e. The minimum atomic E-state index is -3.48. The predicted molar refractivity (Wildman–Crippen MR) is 77.1 cm³/mol. The zero-order valence-electron chi connectivity index (χ0n) is 11.6. The Morgan fingerprint density at radius 3 is 2.63 bits per heavy atom. The van der Waals surface area contributed by atoms with E-state index in [1.54, 1.807) is 0 Å². The molecular weight excluding hydrogens is 262 g/mol. The van der Waals surface area contributed by atoms with Gasteiger partial charge < -0.3 is 5.73 Å². The smallest absolute Gasteiger partial charge is 0.242 e. The SMILES string of the molecule is CCCCC(CC)CNS(=O)(=O)c1ccc(N)nc1. The molecule has 0 spiro atoms. The number of nitrogens with two attached hydrogens (primary N) is 1. The third-order valence-electron chi connectivity index (χ3n) is 3.17. The molecule has 1 aromatic rings. The molecule has 0 aliphatic carbocycles. The van der Waals surface area contributed by atoms with Crippen molar-refractivity contribution in [3.05, 3.63) is 18.3 Å². The first-order valence-corrected chi connectivity index (χ1v) is 8.19. The number of aromatic nitrogens is 1. The Kier molecular flexibility index (Phi) is 6.24. The van der Waals surface area contributed by atoms with Gasteiger partial charge in [-0.1, -0.05) is 33.1 Å². The number of unbranched alkanes of at least 4 members (excludes halogenated alkanes) is 1. The summed E-state index contributed by atoms with van der Waals surface area (Å²) in [6.45, 7) is 4.69. The van der Waals surface area contributed by atoms with Crippen LogP contribution >= 0.6 is 0 Å². The first-order valence-electron chi connectivity index (χ1n) is 6.70. The van der Waals surface area contributed by atoms with E-state index in [2.05, 4.69) is 23.6 Å². The molecule has 1 atom stereocenters. The van der Waals surface area contributed by atoms with E-state index in [9.17, 15) is 8.42 Å². The van der Waals surface area contributed by atoms with Crippen molar-refractivity contribution in [2.75, 3.05) is 12.3 Å². The monoisotopic (exact) mass is 285 g/mol. The van der Waals surface area contributed by atoms with Crippen LogP contribution in [0.15, 0.2) is 23.2 Å². The van der Waals surface area contributed by atoms with Gasteiger partial charge in [0, 0.05) is 12.7 Å². The Balaban J connectivity index is 2.61. The molecule has 0 radical (unpaired) electrons. The van der Waals surface area contributed by atoms with Crippen LogP contribution in [0.3, 0.4) is 0 Å². The van der Waals surface area contributed by atoms with Gasteiger partial charge in [-0.2, -0.15) is 0 Å². The van der Waals surface area contributed by atoms with Crippen molar-refractivity contribution < 1.29 is 8.42 Å². The van der Waals surface area contributed by atoms with Crippen LogP contribution in [-0.2, 0) is 10.0 Å². The van der Waals surface area contributed by atoms with Crippen LogP contribution in [0.4, 0.5) is 5.82 Å². The van der Waals surface area contributed by atoms with Crippen LogP contribution in [0.25, 0.3) is 0 Å². The molecule has 1 unspecified atom stereocenters.